The number of esters is 4. The van der Waals surface area contributed by atoms with Crippen molar-refractivity contribution in [1.29, 1.82) is 0 Å². The Morgan fingerprint density at radius 1 is 0.781 bits per heavy atom. The monoisotopic (exact) mass is 472 g/mol. The van der Waals surface area contributed by atoms with Crippen molar-refractivity contribution in [1.82, 2.24) is 0 Å². The Bertz CT molecular complexity index is 957. The lowest BCUT2D eigenvalue weighted by molar-refractivity contribution is -0.238. The lowest BCUT2D eigenvalue weighted by Crippen LogP contribution is -2.64. The van der Waals surface area contributed by atoms with E-state index in [9.17, 15) is 27.6 Å². The second-order valence-electron chi connectivity index (χ2n) is 6.93. The van der Waals surface area contributed by atoms with Crippen LogP contribution in [0.5, 0.6) is 0 Å². The summed E-state index contributed by atoms with van der Waals surface area (Å²) < 4.78 is 53.0. The predicted molar refractivity (Wildman–Crippen MR) is 106 cm³/mol. The third-order valence-electron chi connectivity index (χ3n) is 4.33. The fourth-order valence-corrected chi connectivity index (χ4v) is 4.84. The molecule has 0 unspecified atom stereocenters. The van der Waals surface area contributed by atoms with E-state index in [1.807, 2.05) is 0 Å². The molecule has 0 spiro atoms. The molecule has 0 amide bonds. The summed E-state index contributed by atoms with van der Waals surface area (Å²) in [5.41, 5.74) is -1.86. The van der Waals surface area contributed by atoms with Gasteiger partial charge in [0.2, 0.25) is 15.3 Å². The first-order valence-corrected chi connectivity index (χ1v) is 11.1. The summed E-state index contributed by atoms with van der Waals surface area (Å²) in [6.07, 6.45) is -6.01. The van der Waals surface area contributed by atoms with Gasteiger partial charge in [0, 0.05) is 27.7 Å². The van der Waals surface area contributed by atoms with Crippen molar-refractivity contribution in [2.45, 2.75) is 62.4 Å². The third-order valence-corrected chi connectivity index (χ3v) is 6.25. The molecule has 1 aliphatic rings. The molecule has 1 aromatic rings. The topological polar surface area (TPSA) is 149 Å². The van der Waals surface area contributed by atoms with Crippen LogP contribution < -0.4 is 0 Å². The maximum atomic E-state index is 13.4. The fourth-order valence-electron chi connectivity index (χ4n) is 3.18. The molecule has 176 valence electrons. The van der Waals surface area contributed by atoms with Gasteiger partial charge in [-0.2, -0.15) is 0 Å². The van der Waals surface area contributed by atoms with Crippen LogP contribution in [0.15, 0.2) is 35.2 Å². The molecule has 5 atom stereocenters. The van der Waals surface area contributed by atoms with Gasteiger partial charge < -0.3 is 23.7 Å². The van der Waals surface area contributed by atoms with Crippen molar-refractivity contribution in [3.8, 4) is 0 Å². The minimum atomic E-state index is -4.32. The summed E-state index contributed by atoms with van der Waals surface area (Å²) in [6, 6.07) is 7.19. The van der Waals surface area contributed by atoms with Crippen LogP contribution in [0.3, 0.4) is 0 Å². The number of benzene rings is 1. The molecule has 1 fully saturated rings. The molecule has 32 heavy (non-hydrogen) atoms. The molecule has 11 nitrogen and oxygen atoms in total. The average molecular weight is 472 g/mol. The van der Waals surface area contributed by atoms with E-state index in [1.165, 1.54) is 24.3 Å². The largest absolute Gasteiger partial charge is 0.463 e. The summed E-state index contributed by atoms with van der Waals surface area (Å²) in [5, 5.41) is 0. The minimum absolute atomic E-state index is 0.152. The molecule has 1 aromatic carbocycles. The highest BCUT2D eigenvalue weighted by Crippen LogP contribution is 2.34. The number of rotatable bonds is 7. The highest BCUT2D eigenvalue weighted by molar-refractivity contribution is 7.92. The molecule has 1 saturated heterocycles. The standard InChI is InChI=1S/C20H24O11S/c1-11(21)27-10-16-17(28-12(2)22)18(29-13(3)23)19(30-14(4)24)20(31-16)32(25,26)15-8-6-5-7-9-15/h5-9,16-20H,10H2,1-4H3/t16-,17+,18+,19-,20+/m1/s1. The van der Waals surface area contributed by atoms with E-state index < -0.39 is 70.2 Å². The zero-order valence-corrected chi connectivity index (χ0v) is 18.7. The maximum Gasteiger partial charge on any atom is 0.303 e. The average Bonchev–Trinajstić information content (AvgIpc) is 2.69. The number of hydrogen-bond donors (Lipinski definition) is 0. The van der Waals surface area contributed by atoms with E-state index in [0.29, 0.717) is 0 Å². The summed E-state index contributed by atoms with van der Waals surface area (Å²) in [6.45, 7) is 3.75. The molecule has 0 aliphatic carbocycles. The van der Waals surface area contributed by atoms with Crippen LogP contribution in [-0.4, -0.2) is 68.8 Å². The smallest absolute Gasteiger partial charge is 0.303 e. The Hall–Kier alpha value is -2.99. The van der Waals surface area contributed by atoms with Gasteiger partial charge in [-0.1, -0.05) is 18.2 Å². The van der Waals surface area contributed by atoms with Gasteiger partial charge in [0.25, 0.3) is 0 Å². The molecule has 1 heterocycles. The van der Waals surface area contributed by atoms with Crippen molar-refractivity contribution in [3.63, 3.8) is 0 Å². The van der Waals surface area contributed by atoms with Crippen molar-refractivity contribution in [2.75, 3.05) is 6.61 Å². The molecule has 0 radical (unpaired) electrons. The van der Waals surface area contributed by atoms with Crippen LogP contribution >= 0.6 is 0 Å². The highest BCUT2D eigenvalue weighted by atomic mass is 32.2. The number of hydrogen-bond acceptors (Lipinski definition) is 11. The predicted octanol–water partition coefficient (Wildman–Crippen LogP) is 0.543. The fraction of sp³-hybridized carbons (Fsp3) is 0.500. The second kappa shape index (κ2) is 10.6. The third kappa shape index (κ3) is 6.26. The first-order valence-electron chi connectivity index (χ1n) is 9.53. The number of carbonyl (C=O) groups is 4. The van der Waals surface area contributed by atoms with Crippen LogP contribution in [0.1, 0.15) is 27.7 Å². The molecule has 0 N–H and O–H groups in total. The Kier molecular flexibility index (Phi) is 8.33. The van der Waals surface area contributed by atoms with Crippen LogP contribution in [-0.2, 0) is 52.7 Å². The Labute approximate surface area is 184 Å². The van der Waals surface area contributed by atoms with Gasteiger partial charge in [0.1, 0.15) is 12.7 Å². The van der Waals surface area contributed by atoms with Crippen molar-refractivity contribution in [2.24, 2.45) is 0 Å². The zero-order chi connectivity index (χ0) is 24.1. The van der Waals surface area contributed by atoms with Gasteiger partial charge in [0.15, 0.2) is 18.3 Å². The van der Waals surface area contributed by atoms with E-state index in [-0.39, 0.29) is 4.90 Å². The minimum Gasteiger partial charge on any atom is -0.463 e. The lowest BCUT2D eigenvalue weighted by atomic mass is 9.99. The van der Waals surface area contributed by atoms with Crippen LogP contribution in [0, 0.1) is 0 Å². The summed E-state index contributed by atoms with van der Waals surface area (Å²) in [4.78, 5) is 46.5. The maximum absolute atomic E-state index is 13.4. The van der Waals surface area contributed by atoms with E-state index >= 15 is 0 Å². The Morgan fingerprint density at radius 2 is 1.28 bits per heavy atom. The Balaban J connectivity index is 2.61. The quantitative estimate of drug-likeness (QED) is 0.404. The van der Waals surface area contributed by atoms with Gasteiger partial charge in [0.05, 0.1) is 4.90 Å². The summed E-state index contributed by atoms with van der Waals surface area (Å²) in [5.74, 6) is -3.25. The van der Waals surface area contributed by atoms with Crippen LogP contribution in [0.2, 0.25) is 0 Å². The summed E-state index contributed by atoms with van der Waals surface area (Å²) >= 11 is 0. The van der Waals surface area contributed by atoms with Crippen molar-refractivity contribution >= 4 is 33.7 Å². The first kappa shape index (κ1) is 25.3. The number of sulfone groups is 1. The normalized spacial score (nSPS) is 25.3. The number of ether oxygens (including phenoxy) is 5. The van der Waals surface area contributed by atoms with Gasteiger partial charge in [-0.3, -0.25) is 19.2 Å². The molecule has 0 bridgehead atoms. The molecular formula is C20H24O11S. The molecule has 12 heteroatoms. The lowest BCUT2D eigenvalue weighted by Gasteiger charge is -2.43. The zero-order valence-electron chi connectivity index (χ0n) is 17.9. The molecular weight excluding hydrogens is 448 g/mol. The molecule has 0 aromatic heterocycles. The van der Waals surface area contributed by atoms with Crippen molar-refractivity contribution < 1.29 is 51.3 Å². The summed E-state index contributed by atoms with van der Waals surface area (Å²) in [7, 11) is -4.32. The first-order chi connectivity index (χ1) is 14.9. The molecule has 2 rings (SSSR count). The van der Waals surface area contributed by atoms with E-state index in [4.69, 9.17) is 23.7 Å². The SMILES string of the molecule is CC(=O)OC[C@H]1O[C@@H](S(=O)(=O)c2ccccc2)[C@H](OC(C)=O)[C@@H](OC(C)=O)[C@H]1OC(C)=O. The van der Waals surface area contributed by atoms with Crippen LogP contribution in [0.25, 0.3) is 0 Å². The van der Waals surface area contributed by atoms with Crippen LogP contribution in [0.4, 0.5) is 0 Å². The van der Waals surface area contributed by atoms with E-state index in [0.717, 1.165) is 27.7 Å². The highest BCUT2D eigenvalue weighted by Gasteiger charge is 2.56. The second-order valence-corrected chi connectivity index (χ2v) is 8.95. The molecule has 0 saturated carbocycles. The number of carbonyl (C=O) groups excluding carboxylic acids is 4. The van der Waals surface area contributed by atoms with Gasteiger partial charge in [-0.25, -0.2) is 8.42 Å². The Morgan fingerprint density at radius 3 is 1.78 bits per heavy atom. The van der Waals surface area contributed by atoms with Gasteiger partial charge in [-0.15, -0.1) is 0 Å². The van der Waals surface area contributed by atoms with Gasteiger partial charge in [-0.05, 0) is 12.1 Å². The van der Waals surface area contributed by atoms with Crippen molar-refractivity contribution in [3.05, 3.63) is 30.3 Å². The van der Waals surface area contributed by atoms with E-state index in [2.05, 4.69) is 0 Å². The van der Waals surface area contributed by atoms with E-state index in [1.54, 1.807) is 6.07 Å². The molecule has 1 aliphatic heterocycles. The van der Waals surface area contributed by atoms with Gasteiger partial charge >= 0.3 is 23.9 Å².